The molecule has 0 unspecified atom stereocenters. The number of nitrogens with one attached hydrogen (secondary N) is 2. The number of amides is 1. The minimum absolute atomic E-state index is 0.102. The number of fused-ring (bicyclic) bond motifs is 1. The van der Waals surface area contributed by atoms with Crippen molar-refractivity contribution in [1.82, 2.24) is 10.3 Å². The fourth-order valence-corrected chi connectivity index (χ4v) is 2.32. The van der Waals surface area contributed by atoms with Gasteiger partial charge in [-0.1, -0.05) is 0 Å². The van der Waals surface area contributed by atoms with E-state index in [0.717, 1.165) is 16.5 Å². The Morgan fingerprint density at radius 3 is 2.85 bits per heavy atom. The maximum atomic E-state index is 10.8. The summed E-state index contributed by atoms with van der Waals surface area (Å²) in [6.07, 6.45) is 2.41. The van der Waals surface area contributed by atoms with Gasteiger partial charge in [-0.3, -0.25) is 14.6 Å². The molecule has 1 heterocycles. The van der Waals surface area contributed by atoms with Crippen molar-refractivity contribution in [3.05, 3.63) is 30.0 Å². The average Bonchev–Trinajstić information content (AvgIpc) is 2.69. The molecule has 0 bridgehead atoms. The number of phosphoric ester groups is 1. The number of aromatic nitrogens is 1. The Labute approximate surface area is 115 Å². The van der Waals surface area contributed by atoms with Gasteiger partial charge in [0.2, 0.25) is 5.91 Å². The van der Waals surface area contributed by atoms with Crippen LogP contribution in [0.2, 0.25) is 0 Å². The zero-order chi connectivity index (χ0) is 14.8. The van der Waals surface area contributed by atoms with Gasteiger partial charge in [-0.2, -0.15) is 0 Å². The van der Waals surface area contributed by atoms with Crippen molar-refractivity contribution in [2.75, 3.05) is 6.54 Å². The van der Waals surface area contributed by atoms with Gasteiger partial charge in [-0.05, 0) is 30.2 Å². The quantitative estimate of drug-likeness (QED) is 0.622. The highest BCUT2D eigenvalue weighted by Crippen LogP contribution is 2.38. The summed E-state index contributed by atoms with van der Waals surface area (Å²) in [6, 6.07) is 4.73. The van der Waals surface area contributed by atoms with Crippen LogP contribution in [-0.4, -0.2) is 27.2 Å². The van der Waals surface area contributed by atoms with E-state index in [2.05, 4.69) is 14.8 Å². The van der Waals surface area contributed by atoms with Crippen molar-refractivity contribution in [3.8, 4) is 5.75 Å². The predicted octanol–water partition coefficient (Wildman–Crippen LogP) is 1.32. The summed E-state index contributed by atoms with van der Waals surface area (Å²) in [7, 11) is -4.56. The first kappa shape index (κ1) is 14.6. The van der Waals surface area contributed by atoms with E-state index < -0.39 is 7.82 Å². The van der Waals surface area contributed by atoms with Crippen molar-refractivity contribution in [2.45, 2.75) is 13.3 Å². The lowest BCUT2D eigenvalue weighted by Crippen LogP contribution is -2.22. The van der Waals surface area contributed by atoms with Gasteiger partial charge in [0.05, 0.1) is 0 Å². The standard InChI is InChI=1S/C12H15N2O5P/c1-8(15)13-5-4-9-7-14-12-3-2-10(6-11(9)12)19-20(16,17)18/h2-3,6-7,14H,4-5H2,1H3,(H,13,15)(H2,16,17,18). The number of rotatable bonds is 5. The summed E-state index contributed by atoms with van der Waals surface area (Å²) in [6.45, 7) is 1.94. The first-order chi connectivity index (χ1) is 9.35. The van der Waals surface area contributed by atoms with E-state index in [1.807, 2.05) is 0 Å². The smallest absolute Gasteiger partial charge is 0.404 e. The second-order valence-electron chi connectivity index (χ2n) is 4.34. The van der Waals surface area contributed by atoms with Gasteiger partial charge in [0.25, 0.3) is 0 Å². The van der Waals surface area contributed by atoms with Gasteiger partial charge in [0.1, 0.15) is 5.75 Å². The number of hydrogen-bond acceptors (Lipinski definition) is 3. The summed E-state index contributed by atoms with van der Waals surface area (Å²) < 4.78 is 15.4. The van der Waals surface area contributed by atoms with Crippen molar-refractivity contribution in [2.24, 2.45) is 0 Å². The maximum Gasteiger partial charge on any atom is 0.524 e. The molecule has 2 rings (SSSR count). The van der Waals surface area contributed by atoms with Gasteiger partial charge in [0.15, 0.2) is 0 Å². The lowest BCUT2D eigenvalue weighted by Gasteiger charge is -2.07. The summed E-state index contributed by atoms with van der Waals surface area (Å²) >= 11 is 0. The molecule has 0 radical (unpaired) electrons. The second-order valence-corrected chi connectivity index (χ2v) is 5.50. The fourth-order valence-electron chi connectivity index (χ4n) is 1.93. The predicted molar refractivity (Wildman–Crippen MR) is 73.4 cm³/mol. The van der Waals surface area contributed by atoms with E-state index in [-0.39, 0.29) is 11.7 Å². The molecule has 108 valence electrons. The van der Waals surface area contributed by atoms with Crippen LogP contribution in [0.25, 0.3) is 10.9 Å². The topological polar surface area (TPSA) is 112 Å². The van der Waals surface area contributed by atoms with E-state index in [4.69, 9.17) is 9.79 Å². The normalized spacial score (nSPS) is 11.6. The van der Waals surface area contributed by atoms with Crippen LogP contribution in [0.15, 0.2) is 24.4 Å². The number of benzene rings is 1. The second kappa shape index (κ2) is 5.66. The monoisotopic (exact) mass is 298 g/mol. The number of aromatic amines is 1. The lowest BCUT2D eigenvalue weighted by molar-refractivity contribution is -0.118. The minimum atomic E-state index is -4.56. The molecule has 1 amide bonds. The van der Waals surface area contributed by atoms with Crippen molar-refractivity contribution >= 4 is 24.6 Å². The average molecular weight is 298 g/mol. The molecule has 1 aromatic carbocycles. The van der Waals surface area contributed by atoms with E-state index in [1.165, 1.54) is 13.0 Å². The zero-order valence-electron chi connectivity index (χ0n) is 10.8. The Bertz CT molecular complexity index is 676. The zero-order valence-corrected chi connectivity index (χ0v) is 11.7. The summed E-state index contributed by atoms with van der Waals surface area (Å²) in [5, 5.41) is 3.50. The molecule has 0 spiro atoms. The van der Waals surface area contributed by atoms with Crippen molar-refractivity contribution < 1.29 is 23.7 Å². The Balaban J connectivity index is 2.21. The van der Waals surface area contributed by atoms with Gasteiger partial charge < -0.3 is 14.8 Å². The number of carbonyl (C=O) groups excluding carboxylic acids is 1. The largest absolute Gasteiger partial charge is 0.524 e. The third-order valence-corrected chi connectivity index (χ3v) is 3.18. The van der Waals surface area contributed by atoms with Crippen LogP contribution in [0.1, 0.15) is 12.5 Å². The summed E-state index contributed by atoms with van der Waals surface area (Å²) in [4.78, 5) is 31.5. The van der Waals surface area contributed by atoms with Crippen LogP contribution in [0, 0.1) is 0 Å². The Kier molecular flexibility index (Phi) is 4.13. The first-order valence-electron chi connectivity index (χ1n) is 5.95. The van der Waals surface area contributed by atoms with Crippen LogP contribution >= 0.6 is 7.82 Å². The van der Waals surface area contributed by atoms with Crippen LogP contribution in [-0.2, 0) is 15.8 Å². The molecule has 0 atom stereocenters. The molecule has 7 nitrogen and oxygen atoms in total. The van der Waals surface area contributed by atoms with E-state index in [9.17, 15) is 9.36 Å². The van der Waals surface area contributed by atoms with Crippen LogP contribution < -0.4 is 9.84 Å². The highest BCUT2D eigenvalue weighted by molar-refractivity contribution is 7.46. The summed E-state index contributed by atoms with van der Waals surface area (Å²) in [5.74, 6) is 0.00146. The molecule has 0 saturated heterocycles. The van der Waals surface area contributed by atoms with Crippen LogP contribution in [0.5, 0.6) is 5.75 Å². The van der Waals surface area contributed by atoms with E-state index in [0.29, 0.717) is 13.0 Å². The molecule has 1 aromatic heterocycles. The Hall–Kier alpha value is -1.82. The first-order valence-corrected chi connectivity index (χ1v) is 7.48. The number of hydrogen-bond donors (Lipinski definition) is 4. The van der Waals surface area contributed by atoms with E-state index in [1.54, 1.807) is 18.3 Å². The Morgan fingerprint density at radius 1 is 1.45 bits per heavy atom. The van der Waals surface area contributed by atoms with Gasteiger partial charge in [-0.15, -0.1) is 0 Å². The molecule has 0 aliphatic rings. The maximum absolute atomic E-state index is 10.8. The molecule has 0 aliphatic carbocycles. The minimum Gasteiger partial charge on any atom is -0.404 e. The fraction of sp³-hybridized carbons (Fsp3) is 0.250. The summed E-state index contributed by atoms with van der Waals surface area (Å²) in [5.41, 5.74) is 1.77. The molecule has 2 aromatic rings. The third kappa shape index (κ3) is 3.84. The number of carbonyl (C=O) groups is 1. The molecule has 8 heteroatoms. The van der Waals surface area contributed by atoms with Crippen LogP contribution in [0.3, 0.4) is 0 Å². The number of phosphoric acid groups is 1. The van der Waals surface area contributed by atoms with Gasteiger partial charge in [-0.25, -0.2) is 4.57 Å². The molecular formula is C12H15N2O5P. The van der Waals surface area contributed by atoms with Crippen molar-refractivity contribution in [1.29, 1.82) is 0 Å². The molecule has 20 heavy (non-hydrogen) atoms. The molecule has 4 N–H and O–H groups in total. The number of H-pyrrole nitrogens is 1. The highest BCUT2D eigenvalue weighted by Gasteiger charge is 2.16. The molecule has 0 aliphatic heterocycles. The lowest BCUT2D eigenvalue weighted by atomic mass is 10.1. The molecule has 0 fully saturated rings. The van der Waals surface area contributed by atoms with Gasteiger partial charge in [0, 0.05) is 30.6 Å². The highest BCUT2D eigenvalue weighted by atomic mass is 31.2. The molecular weight excluding hydrogens is 283 g/mol. The van der Waals surface area contributed by atoms with Crippen LogP contribution in [0.4, 0.5) is 0 Å². The Morgan fingerprint density at radius 2 is 2.20 bits per heavy atom. The van der Waals surface area contributed by atoms with Gasteiger partial charge >= 0.3 is 7.82 Å². The third-order valence-electron chi connectivity index (χ3n) is 2.73. The van der Waals surface area contributed by atoms with E-state index >= 15 is 0 Å². The molecule has 0 saturated carbocycles. The van der Waals surface area contributed by atoms with Crippen molar-refractivity contribution in [3.63, 3.8) is 0 Å². The SMILES string of the molecule is CC(=O)NCCc1c[nH]c2ccc(OP(=O)(O)O)cc12.